The van der Waals surface area contributed by atoms with Gasteiger partial charge in [0.25, 0.3) is 0 Å². The molecule has 0 aliphatic carbocycles. The van der Waals surface area contributed by atoms with Gasteiger partial charge in [-0.05, 0) is 33.0 Å². The van der Waals surface area contributed by atoms with Crippen molar-refractivity contribution in [1.82, 2.24) is 14.9 Å². The van der Waals surface area contributed by atoms with Gasteiger partial charge in [0.15, 0.2) is 5.82 Å². The number of aromatic nitrogens is 2. The third-order valence-electron chi connectivity index (χ3n) is 3.09. The van der Waals surface area contributed by atoms with Gasteiger partial charge in [-0.15, -0.1) is 0 Å². The van der Waals surface area contributed by atoms with Gasteiger partial charge in [-0.2, -0.15) is 0 Å². The van der Waals surface area contributed by atoms with Gasteiger partial charge in [0.05, 0.1) is 0 Å². The topological polar surface area (TPSA) is 50.3 Å². The van der Waals surface area contributed by atoms with Crippen LogP contribution in [0.2, 0.25) is 5.15 Å². The Morgan fingerprint density at radius 3 is 2.83 bits per heavy atom. The Hall–Kier alpha value is -0.910. The van der Waals surface area contributed by atoms with E-state index in [1.54, 1.807) is 13.2 Å². The summed E-state index contributed by atoms with van der Waals surface area (Å²) < 4.78 is 5.02. The summed E-state index contributed by atoms with van der Waals surface area (Å²) in [4.78, 5) is 10.8. The summed E-state index contributed by atoms with van der Waals surface area (Å²) in [5, 5.41) is 3.87. The Balaban J connectivity index is 2.00. The summed E-state index contributed by atoms with van der Waals surface area (Å²) in [6.45, 7) is 2.60. The normalized spacial score (nSPS) is 17.9. The summed E-state index contributed by atoms with van der Waals surface area (Å²) in [7, 11) is 3.77. The maximum Gasteiger partial charge on any atom is 0.158 e. The molecule has 1 aromatic heterocycles. The smallest absolute Gasteiger partial charge is 0.158 e. The van der Waals surface area contributed by atoms with E-state index in [1.165, 1.54) is 0 Å². The van der Waals surface area contributed by atoms with Gasteiger partial charge < -0.3 is 15.0 Å². The molecule has 0 aromatic carbocycles. The van der Waals surface area contributed by atoms with Gasteiger partial charge in [-0.3, -0.25) is 0 Å². The fraction of sp³-hybridized carbons (Fsp3) is 0.667. The second kappa shape index (κ2) is 6.31. The lowest BCUT2D eigenvalue weighted by Gasteiger charge is -2.29. The average Bonchev–Trinajstić information content (AvgIpc) is 2.32. The Morgan fingerprint density at radius 1 is 1.44 bits per heavy atom. The Bertz CT molecular complexity index is 394. The van der Waals surface area contributed by atoms with Gasteiger partial charge in [-0.1, -0.05) is 11.6 Å². The third-order valence-corrected chi connectivity index (χ3v) is 3.28. The summed E-state index contributed by atoms with van der Waals surface area (Å²) in [5.74, 6) is 1.40. The second-order valence-corrected chi connectivity index (χ2v) is 5.03. The van der Waals surface area contributed by atoms with E-state index in [1.807, 2.05) is 0 Å². The zero-order valence-electron chi connectivity index (χ0n) is 10.8. The number of ether oxygens (including phenoxy) is 1. The minimum Gasteiger partial charge on any atom is -0.377 e. The number of hydrogen-bond donors (Lipinski definition) is 1. The first-order valence-electron chi connectivity index (χ1n) is 6.15. The SMILES string of the molecule is COCc1nc(Cl)cc(NC2CCN(C)CC2)n1. The number of methoxy groups -OCH3 is 1. The minimum atomic E-state index is 0.378. The molecule has 1 aromatic rings. The molecule has 0 atom stereocenters. The molecule has 2 rings (SSSR count). The molecule has 2 heterocycles. The van der Waals surface area contributed by atoms with Gasteiger partial charge >= 0.3 is 0 Å². The average molecular weight is 271 g/mol. The molecule has 18 heavy (non-hydrogen) atoms. The number of halogens is 1. The fourth-order valence-corrected chi connectivity index (χ4v) is 2.30. The van der Waals surface area contributed by atoms with E-state index in [0.29, 0.717) is 23.6 Å². The van der Waals surface area contributed by atoms with Crippen molar-refractivity contribution in [2.45, 2.75) is 25.5 Å². The van der Waals surface area contributed by atoms with Gasteiger partial charge in [0.2, 0.25) is 0 Å². The second-order valence-electron chi connectivity index (χ2n) is 4.65. The zero-order chi connectivity index (χ0) is 13.0. The van der Waals surface area contributed by atoms with Crippen molar-refractivity contribution >= 4 is 17.4 Å². The summed E-state index contributed by atoms with van der Waals surface area (Å²) in [6, 6.07) is 2.22. The molecule has 0 bridgehead atoms. The largest absolute Gasteiger partial charge is 0.377 e. The van der Waals surface area contributed by atoms with E-state index < -0.39 is 0 Å². The number of hydrogen-bond acceptors (Lipinski definition) is 5. The van der Waals surface area contributed by atoms with E-state index in [-0.39, 0.29) is 0 Å². The first-order valence-corrected chi connectivity index (χ1v) is 6.52. The lowest BCUT2D eigenvalue weighted by Crippen LogP contribution is -2.36. The Morgan fingerprint density at radius 2 is 2.17 bits per heavy atom. The first-order chi connectivity index (χ1) is 8.67. The quantitative estimate of drug-likeness (QED) is 0.846. The fourth-order valence-electron chi connectivity index (χ4n) is 2.09. The standard InChI is InChI=1S/C12H19ClN4O/c1-17-5-3-9(4-6-17)14-11-7-10(13)15-12(16-11)8-18-2/h7,9H,3-6,8H2,1-2H3,(H,14,15,16). The predicted octanol–water partition coefficient (Wildman–Crippen LogP) is 1.78. The van der Waals surface area contributed by atoms with Gasteiger partial charge in [-0.25, -0.2) is 9.97 Å². The maximum atomic E-state index is 5.97. The van der Waals surface area contributed by atoms with Crippen LogP contribution in [0.3, 0.4) is 0 Å². The summed E-state index contributed by atoms with van der Waals surface area (Å²) in [5.41, 5.74) is 0. The summed E-state index contributed by atoms with van der Waals surface area (Å²) in [6.07, 6.45) is 2.25. The van der Waals surface area contributed by atoms with Gasteiger partial charge in [0.1, 0.15) is 17.6 Å². The van der Waals surface area contributed by atoms with Crippen LogP contribution in [0.15, 0.2) is 6.07 Å². The van der Waals surface area contributed by atoms with E-state index >= 15 is 0 Å². The Labute approximate surface area is 113 Å². The molecular weight excluding hydrogens is 252 g/mol. The van der Waals surface area contributed by atoms with Crippen molar-refractivity contribution in [3.8, 4) is 0 Å². The van der Waals surface area contributed by atoms with E-state index in [0.717, 1.165) is 31.7 Å². The molecule has 0 amide bonds. The molecule has 1 aliphatic rings. The summed E-state index contributed by atoms with van der Waals surface area (Å²) >= 11 is 5.97. The molecule has 6 heteroatoms. The molecule has 5 nitrogen and oxygen atoms in total. The van der Waals surface area contributed by atoms with Gasteiger partial charge in [0, 0.05) is 19.2 Å². The molecule has 1 aliphatic heterocycles. The number of piperidine rings is 1. The lowest BCUT2D eigenvalue weighted by atomic mass is 10.1. The number of rotatable bonds is 4. The number of nitrogens with zero attached hydrogens (tertiary/aromatic N) is 3. The Kier molecular flexibility index (Phi) is 4.74. The van der Waals surface area contributed by atoms with Crippen LogP contribution in [0, 0.1) is 0 Å². The van der Waals surface area contributed by atoms with Crippen molar-refractivity contribution in [3.63, 3.8) is 0 Å². The van der Waals surface area contributed by atoms with Crippen LogP contribution in [0.1, 0.15) is 18.7 Å². The predicted molar refractivity (Wildman–Crippen MR) is 71.9 cm³/mol. The lowest BCUT2D eigenvalue weighted by molar-refractivity contribution is 0.178. The van der Waals surface area contributed by atoms with Crippen LogP contribution in [-0.2, 0) is 11.3 Å². The minimum absolute atomic E-state index is 0.378. The first kappa shape index (κ1) is 13.5. The van der Waals surface area contributed by atoms with Crippen molar-refractivity contribution in [1.29, 1.82) is 0 Å². The van der Waals surface area contributed by atoms with Crippen molar-refractivity contribution in [2.24, 2.45) is 0 Å². The van der Waals surface area contributed by atoms with Crippen molar-refractivity contribution in [2.75, 3.05) is 32.6 Å². The molecule has 1 saturated heterocycles. The highest BCUT2D eigenvalue weighted by molar-refractivity contribution is 6.29. The molecule has 1 N–H and O–H groups in total. The van der Waals surface area contributed by atoms with E-state index in [4.69, 9.17) is 16.3 Å². The molecule has 0 unspecified atom stereocenters. The number of anilines is 1. The van der Waals surface area contributed by atoms with Crippen LogP contribution in [0.4, 0.5) is 5.82 Å². The highest BCUT2D eigenvalue weighted by Crippen LogP contribution is 2.17. The third kappa shape index (κ3) is 3.80. The number of nitrogens with one attached hydrogen (secondary N) is 1. The van der Waals surface area contributed by atoms with Crippen LogP contribution in [0.5, 0.6) is 0 Å². The zero-order valence-corrected chi connectivity index (χ0v) is 11.6. The highest BCUT2D eigenvalue weighted by atomic mass is 35.5. The molecule has 1 fully saturated rings. The van der Waals surface area contributed by atoms with E-state index in [9.17, 15) is 0 Å². The molecule has 0 saturated carbocycles. The molecular formula is C12H19ClN4O. The van der Waals surface area contributed by atoms with Crippen molar-refractivity contribution < 1.29 is 4.74 Å². The molecule has 100 valence electrons. The molecule has 0 spiro atoms. The van der Waals surface area contributed by atoms with Crippen LogP contribution >= 0.6 is 11.6 Å². The number of likely N-dealkylation sites (tertiary alicyclic amines) is 1. The maximum absolute atomic E-state index is 5.97. The van der Waals surface area contributed by atoms with Crippen LogP contribution < -0.4 is 5.32 Å². The van der Waals surface area contributed by atoms with Crippen LogP contribution in [0.25, 0.3) is 0 Å². The monoisotopic (exact) mass is 270 g/mol. The van der Waals surface area contributed by atoms with Crippen LogP contribution in [-0.4, -0.2) is 48.2 Å². The van der Waals surface area contributed by atoms with E-state index in [2.05, 4.69) is 27.2 Å². The highest BCUT2D eigenvalue weighted by Gasteiger charge is 2.17. The molecule has 0 radical (unpaired) electrons. The van der Waals surface area contributed by atoms with Crippen molar-refractivity contribution in [3.05, 3.63) is 17.0 Å².